The number of benzene rings is 1. The van der Waals surface area contributed by atoms with Crippen molar-refractivity contribution in [3.63, 3.8) is 0 Å². The lowest BCUT2D eigenvalue weighted by atomic mass is 10.2. The quantitative estimate of drug-likeness (QED) is 0.750. The lowest BCUT2D eigenvalue weighted by molar-refractivity contribution is -0.116. The number of aromatic nitrogens is 3. The molecule has 3 rings (SSSR count). The highest BCUT2D eigenvalue weighted by molar-refractivity contribution is 5.90. The Morgan fingerprint density at radius 3 is 2.79 bits per heavy atom. The molecule has 24 heavy (non-hydrogen) atoms. The van der Waals surface area contributed by atoms with E-state index in [2.05, 4.69) is 20.4 Å². The first-order valence-corrected chi connectivity index (χ1v) is 7.41. The van der Waals surface area contributed by atoms with Crippen LogP contribution in [0.2, 0.25) is 0 Å². The number of methoxy groups -OCH3 is 1. The Morgan fingerprint density at radius 1 is 1.25 bits per heavy atom. The van der Waals surface area contributed by atoms with E-state index in [1.165, 1.54) is 0 Å². The van der Waals surface area contributed by atoms with E-state index in [-0.39, 0.29) is 12.3 Å². The number of carbonyl (C=O) groups is 1. The molecule has 0 aliphatic carbocycles. The maximum atomic E-state index is 11.9. The molecule has 0 aliphatic heterocycles. The van der Waals surface area contributed by atoms with Gasteiger partial charge in [0.2, 0.25) is 17.6 Å². The van der Waals surface area contributed by atoms with Crippen LogP contribution in [0, 0.1) is 0 Å². The summed E-state index contributed by atoms with van der Waals surface area (Å²) in [6.45, 7) is 0. The Morgan fingerprint density at radius 2 is 2.08 bits per heavy atom. The molecule has 7 nitrogen and oxygen atoms in total. The van der Waals surface area contributed by atoms with E-state index in [9.17, 15) is 4.79 Å². The van der Waals surface area contributed by atoms with Gasteiger partial charge in [-0.15, -0.1) is 0 Å². The molecule has 0 fully saturated rings. The number of hydrogen-bond acceptors (Lipinski definition) is 6. The second-order valence-electron chi connectivity index (χ2n) is 5.03. The highest BCUT2D eigenvalue weighted by Crippen LogP contribution is 2.20. The highest BCUT2D eigenvalue weighted by atomic mass is 16.5. The second-order valence-corrected chi connectivity index (χ2v) is 5.03. The van der Waals surface area contributed by atoms with E-state index in [1.54, 1.807) is 31.6 Å². The van der Waals surface area contributed by atoms with Gasteiger partial charge in [-0.25, -0.2) is 0 Å². The molecular formula is C17H16N4O3. The first kappa shape index (κ1) is 15.7. The van der Waals surface area contributed by atoms with Crippen molar-refractivity contribution in [1.29, 1.82) is 0 Å². The van der Waals surface area contributed by atoms with Crippen LogP contribution in [0.4, 0.5) is 5.69 Å². The monoisotopic (exact) mass is 324 g/mol. The molecule has 1 N–H and O–H groups in total. The van der Waals surface area contributed by atoms with Crippen LogP contribution in [0.15, 0.2) is 53.3 Å². The summed E-state index contributed by atoms with van der Waals surface area (Å²) >= 11 is 0. The van der Waals surface area contributed by atoms with Crippen LogP contribution in [0.25, 0.3) is 11.4 Å². The van der Waals surface area contributed by atoms with Gasteiger partial charge in [-0.1, -0.05) is 5.16 Å². The van der Waals surface area contributed by atoms with Crippen LogP contribution in [-0.4, -0.2) is 28.1 Å². The Balaban J connectivity index is 1.56. The van der Waals surface area contributed by atoms with Crippen molar-refractivity contribution < 1.29 is 14.1 Å². The fourth-order valence-electron chi connectivity index (χ4n) is 2.09. The van der Waals surface area contributed by atoms with E-state index in [0.717, 1.165) is 11.3 Å². The molecule has 2 aromatic heterocycles. The number of nitrogens with one attached hydrogen (secondary N) is 1. The number of anilines is 1. The molecule has 122 valence electrons. The predicted octanol–water partition coefficient (Wildman–Crippen LogP) is 2.71. The third kappa shape index (κ3) is 3.95. The van der Waals surface area contributed by atoms with E-state index in [4.69, 9.17) is 9.26 Å². The van der Waals surface area contributed by atoms with Crippen LogP contribution in [0.3, 0.4) is 0 Å². The minimum absolute atomic E-state index is 0.132. The fourth-order valence-corrected chi connectivity index (χ4v) is 2.09. The van der Waals surface area contributed by atoms with Gasteiger partial charge in [-0.05, 0) is 36.4 Å². The lowest BCUT2D eigenvalue weighted by Crippen LogP contribution is -2.12. The second kappa shape index (κ2) is 7.36. The van der Waals surface area contributed by atoms with Gasteiger partial charge >= 0.3 is 0 Å². The Bertz CT molecular complexity index is 800. The van der Waals surface area contributed by atoms with E-state index >= 15 is 0 Å². The topological polar surface area (TPSA) is 90.1 Å². The minimum atomic E-state index is -0.132. The summed E-state index contributed by atoms with van der Waals surface area (Å²) in [5.74, 6) is 1.53. The van der Waals surface area contributed by atoms with Gasteiger partial charge < -0.3 is 14.6 Å². The molecule has 1 aromatic carbocycles. The van der Waals surface area contributed by atoms with Crippen molar-refractivity contribution in [3.8, 4) is 17.1 Å². The van der Waals surface area contributed by atoms with Crippen molar-refractivity contribution in [2.24, 2.45) is 0 Å². The van der Waals surface area contributed by atoms with Crippen molar-refractivity contribution >= 4 is 11.6 Å². The molecule has 0 spiro atoms. The lowest BCUT2D eigenvalue weighted by Gasteiger charge is -2.02. The summed E-state index contributed by atoms with van der Waals surface area (Å²) in [6, 6.07) is 10.9. The molecular weight excluding hydrogens is 308 g/mol. The number of hydrogen-bond donors (Lipinski definition) is 1. The van der Waals surface area contributed by atoms with E-state index in [0.29, 0.717) is 23.8 Å². The average molecular weight is 324 g/mol. The van der Waals surface area contributed by atoms with Gasteiger partial charge in [-0.3, -0.25) is 9.78 Å². The molecule has 0 atom stereocenters. The average Bonchev–Trinajstić information content (AvgIpc) is 3.10. The number of rotatable bonds is 6. The molecule has 3 aromatic rings. The minimum Gasteiger partial charge on any atom is -0.497 e. The van der Waals surface area contributed by atoms with Gasteiger partial charge in [-0.2, -0.15) is 4.98 Å². The molecule has 0 unspecified atom stereocenters. The third-order valence-electron chi connectivity index (χ3n) is 3.33. The summed E-state index contributed by atoms with van der Waals surface area (Å²) in [7, 11) is 1.61. The molecule has 0 aliphatic rings. The molecule has 2 heterocycles. The Hall–Kier alpha value is -3.22. The van der Waals surface area contributed by atoms with Crippen molar-refractivity contribution in [1.82, 2.24) is 15.1 Å². The normalized spacial score (nSPS) is 10.4. The van der Waals surface area contributed by atoms with Crippen molar-refractivity contribution in [2.75, 3.05) is 12.4 Å². The van der Waals surface area contributed by atoms with Crippen LogP contribution in [0.5, 0.6) is 5.75 Å². The summed E-state index contributed by atoms with van der Waals surface area (Å²) < 4.78 is 10.3. The zero-order valence-electron chi connectivity index (χ0n) is 13.1. The van der Waals surface area contributed by atoms with Crippen LogP contribution >= 0.6 is 0 Å². The Kier molecular flexibility index (Phi) is 4.81. The SMILES string of the molecule is COc1ccc(-c2noc(CCC(=O)Nc3cccnc3)n2)cc1. The number of carbonyl (C=O) groups excluding carboxylic acids is 1. The van der Waals surface area contributed by atoms with E-state index in [1.807, 2.05) is 24.3 Å². The summed E-state index contributed by atoms with van der Waals surface area (Å²) in [5.41, 5.74) is 1.48. The number of pyridine rings is 1. The van der Waals surface area contributed by atoms with Gasteiger partial charge in [0.15, 0.2) is 0 Å². The van der Waals surface area contributed by atoms with Crippen LogP contribution in [0.1, 0.15) is 12.3 Å². The zero-order valence-corrected chi connectivity index (χ0v) is 13.1. The maximum absolute atomic E-state index is 11.9. The first-order chi connectivity index (χ1) is 11.7. The van der Waals surface area contributed by atoms with Gasteiger partial charge in [0.25, 0.3) is 0 Å². The van der Waals surface area contributed by atoms with Gasteiger partial charge in [0.1, 0.15) is 5.75 Å². The highest BCUT2D eigenvalue weighted by Gasteiger charge is 2.11. The number of aryl methyl sites for hydroxylation is 1. The van der Waals surface area contributed by atoms with Gasteiger partial charge in [0.05, 0.1) is 19.0 Å². The molecule has 7 heteroatoms. The van der Waals surface area contributed by atoms with Crippen molar-refractivity contribution in [3.05, 3.63) is 54.7 Å². The summed E-state index contributed by atoms with van der Waals surface area (Å²) in [5, 5.41) is 6.69. The van der Waals surface area contributed by atoms with Crippen LogP contribution in [-0.2, 0) is 11.2 Å². The number of nitrogens with zero attached hydrogens (tertiary/aromatic N) is 3. The molecule has 0 bridgehead atoms. The van der Waals surface area contributed by atoms with E-state index < -0.39 is 0 Å². The summed E-state index contributed by atoms with van der Waals surface area (Å²) in [6.07, 6.45) is 3.86. The number of amides is 1. The van der Waals surface area contributed by atoms with Gasteiger partial charge in [0, 0.05) is 24.6 Å². The standard InChI is InChI=1S/C17H16N4O3/c1-23-14-6-4-12(5-7-14)17-20-16(24-21-17)9-8-15(22)19-13-3-2-10-18-11-13/h2-7,10-11H,8-9H2,1H3,(H,19,22). The maximum Gasteiger partial charge on any atom is 0.227 e. The van der Waals surface area contributed by atoms with Crippen molar-refractivity contribution in [2.45, 2.75) is 12.8 Å². The first-order valence-electron chi connectivity index (χ1n) is 7.41. The Labute approximate surface area is 138 Å². The zero-order chi connectivity index (χ0) is 16.8. The predicted molar refractivity (Wildman–Crippen MR) is 87.5 cm³/mol. The largest absolute Gasteiger partial charge is 0.497 e. The fraction of sp³-hybridized carbons (Fsp3) is 0.176. The molecule has 0 radical (unpaired) electrons. The smallest absolute Gasteiger partial charge is 0.227 e. The molecule has 0 saturated heterocycles. The van der Waals surface area contributed by atoms with Crippen LogP contribution < -0.4 is 10.1 Å². The number of ether oxygens (including phenoxy) is 1. The summed E-state index contributed by atoms with van der Waals surface area (Å²) in [4.78, 5) is 20.1. The molecule has 0 saturated carbocycles. The third-order valence-corrected chi connectivity index (χ3v) is 3.33. The molecule has 1 amide bonds.